The third kappa shape index (κ3) is 5.06. The average Bonchev–Trinajstić information content (AvgIpc) is 2.85. The number of likely N-dealkylation sites (tertiary alicyclic amines) is 1. The number of amides is 2. The maximum atomic E-state index is 11.7. The van der Waals surface area contributed by atoms with Crippen LogP contribution >= 0.6 is 0 Å². The number of nitrogens with one attached hydrogen (secondary N) is 2. The number of hydrogen-bond acceptors (Lipinski definition) is 3. The van der Waals surface area contributed by atoms with Gasteiger partial charge in [0.05, 0.1) is 0 Å². The van der Waals surface area contributed by atoms with Crippen LogP contribution in [0.2, 0.25) is 0 Å². The minimum Gasteiger partial charge on any atom is -0.480 e. The van der Waals surface area contributed by atoms with Crippen molar-refractivity contribution in [2.24, 2.45) is 5.92 Å². The van der Waals surface area contributed by atoms with Crippen molar-refractivity contribution in [2.45, 2.75) is 45.7 Å². The smallest absolute Gasteiger partial charge is 0.326 e. The first-order valence-electron chi connectivity index (χ1n) is 6.93. The number of rotatable bonds is 6. The zero-order chi connectivity index (χ0) is 14.4. The van der Waals surface area contributed by atoms with Crippen molar-refractivity contribution < 1.29 is 14.7 Å². The molecule has 0 spiro atoms. The van der Waals surface area contributed by atoms with Crippen LogP contribution in [0.4, 0.5) is 4.79 Å². The van der Waals surface area contributed by atoms with Gasteiger partial charge in [-0.1, -0.05) is 13.8 Å². The topological polar surface area (TPSA) is 81.7 Å². The maximum absolute atomic E-state index is 11.7. The Morgan fingerprint density at radius 3 is 2.26 bits per heavy atom. The molecule has 1 fully saturated rings. The van der Waals surface area contributed by atoms with E-state index in [9.17, 15) is 9.59 Å². The lowest BCUT2D eigenvalue weighted by Crippen LogP contribution is -2.51. The van der Waals surface area contributed by atoms with Crippen molar-refractivity contribution in [3.05, 3.63) is 0 Å². The largest absolute Gasteiger partial charge is 0.480 e. The molecule has 110 valence electrons. The predicted molar refractivity (Wildman–Crippen MR) is 73.1 cm³/mol. The van der Waals surface area contributed by atoms with E-state index >= 15 is 0 Å². The van der Waals surface area contributed by atoms with Crippen LogP contribution < -0.4 is 10.6 Å². The monoisotopic (exact) mass is 271 g/mol. The summed E-state index contributed by atoms with van der Waals surface area (Å²) in [7, 11) is 0. The molecular formula is C13H25N3O3. The zero-order valence-electron chi connectivity index (χ0n) is 12.0. The highest BCUT2D eigenvalue weighted by atomic mass is 16.4. The van der Waals surface area contributed by atoms with E-state index < -0.39 is 18.0 Å². The van der Waals surface area contributed by atoms with Crippen LogP contribution in [0.1, 0.15) is 33.6 Å². The lowest BCUT2D eigenvalue weighted by Gasteiger charge is -2.24. The van der Waals surface area contributed by atoms with Crippen molar-refractivity contribution in [2.75, 3.05) is 19.6 Å². The molecule has 1 unspecified atom stereocenters. The molecule has 1 rings (SSSR count). The van der Waals surface area contributed by atoms with E-state index in [0.29, 0.717) is 6.54 Å². The highest BCUT2D eigenvalue weighted by Crippen LogP contribution is 2.10. The van der Waals surface area contributed by atoms with Gasteiger partial charge in [-0.25, -0.2) is 9.59 Å². The first-order chi connectivity index (χ1) is 8.91. The predicted octanol–water partition coefficient (Wildman–Crippen LogP) is 0.879. The van der Waals surface area contributed by atoms with Gasteiger partial charge in [-0.15, -0.1) is 0 Å². The van der Waals surface area contributed by atoms with E-state index in [1.807, 2.05) is 0 Å². The van der Waals surface area contributed by atoms with Gasteiger partial charge < -0.3 is 15.7 Å². The molecule has 0 bridgehead atoms. The van der Waals surface area contributed by atoms with Gasteiger partial charge in [0.15, 0.2) is 0 Å². The normalized spacial score (nSPS) is 19.2. The average molecular weight is 271 g/mol. The van der Waals surface area contributed by atoms with Crippen molar-refractivity contribution >= 4 is 12.0 Å². The summed E-state index contributed by atoms with van der Waals surface area (Å²) in [6.45, 7) is 8.30. The van der Waals surface area contributed by atoms with E-state index in [1.165, 1.54) is 12.8 Å². The van der Waals surface area contributed by atoms with E-state index in [4.69, 9.17) is 5.11 Å². The van der Waals surface area contributed by atoms with Crippen LogP contribution in [0.25, 0.3) is 0 Å². The molecule has 6 nitrogen and oxygen atoms in total. The van der Waals surface area contributed by atoms with Crippen LogP contribution in [0, 0.1) is 5.92 Å². The summed E-state index contributed by atoms with van der Waals surface area (Å²) in [6.07, 6.45) is 2.43. The van der Waals surface area contributed by atoms with Crippen molar-refractivity contribution in [3.63, 3.8) is 0 Å². The second-order valence-electron chi connectivity index (χ2n) is 5.51. The van der Waals surface area contributed by atoms with E-state index in [-0.39, 0.29) is 12.0 Å². The number of nitrogens with zero attached hydrogens (tertiary/aromatic N) is 1. The van der Waals surface area contributed by atoms with Gasteiger partial charge in [-0.3, -0.25) is 4.90 Å². The Balaban J connectivity index is 2.32. The molecule has 2 atom stereocenters. The van der Waals surface area contributed by atoms with Gasteiger partial charge in [0.25, 0.3) is 0 Å². The third-order valence-electron chi connectivity index (χ3n) is 3.54. The second-order valence-corrected chi connectivity index (χ2v) is 5.51. The molecule has 2 amide bonds. The Morgan fingerprint density at radius 1 is 1.21 bits per heavy atom. The molecule has 0 aliphatic carbocycles. The molecule has 3 N–H and O–H groups in total. The number of urea groups is 1. The molecule has 0 aromatic carbocycles. The van der Waals surface area contributed by atoms with Crippen molar-refractivity contribution in [3.8, 4) is 0 Å². The van der Waals surface area contributed by atoms with Gasteiger partial charge >= 0.3 is 12.0 Å². The summed E-state index contributed by atoms with van der Waals surface area (Å²) < 4.78 is 0. The van der Waals surface area contributed by atoms with Crippen LogP contribution in [0.5, 0.6) is 0 Å². The standard InChI is InChI=1S/C13H25N3O3/c1-9(2)11(12(17)18)15-13(19)14-8-10(3)16-6-4-5-7-16/h9-11H,4-8H2,1-3H3,(H,17,18)(H2,14,15,19)/t10?,11-/m1/s1. The fraction of sp³-hybridized carbons (Fsp3) is 0.846. The van der Waals surface area contributed by atoms with Crippen LogP contribution in [0.3, 0.4) is 0 Å². The number of carbonyl (C=O) groups excluding carboxylic acids is 1. The molecule has 6 heteroatoms. The van der Waals surface area contributed by atoms with Crippen molar-refractivity contribution in [1.82, 2.24) is 15.5 Å². The summed E-state index contributed by atoms with van der Waals surface area (Å²) in [5.74, 6) is -1.14. The zero-order valence-corrected chi connectivity index (χ0v) is 12.0. The number of hydrogen-bond donors (Lipinski definition) is 3. The number of aliphatic carboxylic acids is 1. The molecule has 1 heterocycles. The lowest BCUT2D eigenvalue weighted by molar-refractivity contribution is -0.140. The number of carboxylic acids is 1. The summed E-state index contributed by atoms with van der Waals surface area (Å²) in [6, 6.07) is -0.968. The Morgan fingerprint density at radius 2 is 1.79 bits per heavy atom. The minimum absolute atomic E-state index is 0.140. The highest BCUT2D eigenvalue weighted by Gasteiger charge is 2.24. The molecule has 0 aromatic rings. The molecule has 0 saturated carbocycles. The van der Waals surface area contributed by atoms with Crippen LogP contribution in [-0.4, -0.2) is 53.7 Å². The Bertz CT molecular complexity index is 314. The summed E-state index contributed by atoms with van der Waals surface area (Å²) >= 11 is 0. The van der Waals surface area contributed by atoms with E-state index in [0.717, 1.165) is 13.1 Å². The summed E-state index contributed by atoms with van der Waals surface area (Å²) in [5.41, 5.74) is 0. The summed E-state index contributed by atoms with van der Waals surface area (Å²) in [5, 5.41) is 14.2. The van der Waals surface area contributed by atoms with Gasteiger partial charge in [0.1, 0.15) is 6.04 Å². The first kappa shape index (κ1) is 15.8. The Labute approximate surface area is 114 Å². The number of carbonyl (C=O) groups is 2. The molecular weight excluding hydrogens is 246 g/mol. The van der Waals surface area contributed by atoms with Crippen molar-refractivity contribution in [1.29, 1.82) is 0 Å². The quantitative estimate of drug-likeness (QED) is 0.670. The SMILES string of the molecule is CC(C)[C@@H](NC(=O)NCC(C)N1CCCC1)C(=O)O. The van der Waals surface area contributed by atoms with Crippen LogP contribution in [-0.2, 0) is 4.79 Å². The van der Waals surface area contributed by atoms with Gasteiger partial charge in [-0.2, -0.15) is 0 Å². The Kier molecular flexibility index (Phi) is 6.08. The molecule has 0 radical (unpaired) electrons. The fourth-order valence-electron chi connectivity index (χ4n) is 2.26. The van der Waals surface area contributed by atoms with Gasteiger partial charge in [-0.05, 0) is 38.8 Å². The fourth-order valence-corrected chi connectivity index (χ4v) is 2.26. The lowest BCUT2D eigenvalue weighted by atomic mass is 10.1. The van der Waals surface area contributed by atoms with E-state index in [1.54, 1.807) is 13.8 Å². The third-order valence-corrected chi connectivity index (χ3v) is 3.54. The minimum atomic E-state index is -1.00. The molecule has 0 aromatic heterocycles. The van der Waals surface area contributed by atoms with E-state index in [2.05, 4.69) is 22.5 Å². The van der Waals surface area contributed by atoms with Gasteiger partial charge in [0.2, 0.25) is 0 Å². The molecule has 1 aliphatic rings. The summed E-state index contributed by atoms with van der Waals surface area (Å²) in [4.78, 5) is 25.0. The highest BCUT2D eigenvalue weighted by molar-refractivity contribution is 5.82. The molecule has 1 saturated heterocycles. The number of carboxylic acid groups (broad SMARTS) is 1. The van der Waals surface area contributed by atoms with Gasteiger partial charge in [0, 0.05) is 12.6 Å². The van der Waals surface area contributed by atoms with Crippen LogP contribution in [0.15, 0.2) is 0 Å². The first-order valence-corrected chi connectivity index (χ1v) is 6.93. The second kappa shape index (κ2) is 7.33. The molecule has 19 heavy (non-hydrogen) atoms. The maximum Gasteiger partial charge on any atom is 0.326 e. The molecule has 1 aliphatic heterocycles. The Hall–Kier alpha value is -1.30.